The third-order valence-corrected chi connectivity index (χ3v) is 5.76. The number of imidazole rings is 1. The average molecular weight is 474 g/mol. The van der Waals surface area contributed by atoms with Gasteiger partial charge in [-0.1, -0.05) is 0 Å². The largest absolute Gasteiger partial charge is 0.411 e. The van der Waals surface area contributed by atoms with Gasteiger partial charge in [0.2, 0.25) is 5.91 Å². The first-order valence-corrected chi connectivity index (χ1v) is 10.8. The highest BCUT2D eigenvalue weighted by atomic mass is 19.4. The highest BCUT2D eigenvalue weighted by Crippen LogP contribution is 2.14. The number of piperazine rings is 1. The minimum absolute atomic E-state index is 0.0212. The Kier molecular flexibility index (Phi) is 7.95. The predicted molar refractivity (Wildman–Crippen MR) is 114 cm³/mol. The van der Waals surface area contributed by atoms with Crippen LogP contribution in [0.4, 0.5) is 13.2 Å². The molecule has 2 aromatic heterocycles. The number of alkyl halides is 3. The molecule has 0 atom stereocenters. The summed E-state index contributed by atoms with van der Waals surface area (Å²) < 4.78 is 44.8. The molecule has 0 saturated carbocycles. The van der Waals surface area contributed by atoms with Gasteiger partial charge in [-0.2, -0.15) is 13.2 Å². The molecule has 1 aliphatic heterocycles. The van der Waals surface area contributed by atoms with Gasteiger partial charge >= 0.3 is 11.9 Å². The minimum Gasteiger partial charge on any atom is -0.372 e. The van der Waals surface area contributed by atoms with E-state index < -0.39 is 24.0 Å². The molecule has 0 bridgehead atoms. The van der Waals surface area contributed by atoms with Crippen LogP contribution in [0.5, 0.6) is 0 Å². The lowest BCUT2D eigenvalue weighted by atomic mass is 10.2. The van der Waals surface area contributed by atoms with Crippen molar-refractivity contribution >= 4 is 17.1 Å². The summed E-state index contributed by atoms with van der Waals surface area (Å²) in [6.07, 6.45) is -1.45. The topological polar surface area (TPSA) is 94.6 Å². The van der Waals surface area contributed by atoms with Crippen molar-refractivity contribution in [2.75, 3.05) is 45.9 Å². The summed E-state index contributed by atoms with van der Waals surface area (Å²) in [5, 5.41) is 0. The third kappa shape index (κ3) is 6.22. The van der Waals surface area contributed by atoms with E-state index in [0.717, 1.165) is 4.57 Å². The van der Waals surface area contributed by atoms with E-state index in [4.69, 9.17) is 0 Å². The number of carbonyl (C=O) groups is 1. The number of fused-ring (bicyclic) bond motifs is 1. The number of amides is 1. The second-order valence-electron chi connectivity index (χ2n) is 8.16. The number of nitrogens with zero attached hydrogens (tertiary/aromatic N) is 6. The summed E-state index contributed by atoms with van der Waals surface area (Å²) in [7, 11) is 2.97. The molecule has 3 rings (SSSR count). The quantitative estimate of drug-likeness (QED) is 0.486. The molecular formula is C20H29F3N6O4. The van der Waals surface area contributed by atoms with Gasteiger partial charge in [-0.15, -0.1) is 0 Å². The third-order valence-electron chi connectivity index (χ3n) is 5.76. The van der Waals surface area contributed by atoms with Gasteiger partial charge in [-0.25, -0.2) is 9.78 Å². The van der Waals surface area contributed by atoms with E-state index in [-0.39, 0.29) is 12.5 Å². The fraction of sp³-hybridized carbons (Fsp3) is 0.700. The van der Waals surface area contributed by atoms with Gasteiger partial charge in [0.05, 0.1) is 6.33 Å². The van der Waals surface area contributed by atoms with Crippen LogP contribution in [0.25, 0.3) is 11.2 Å². The number of ether oxygens (including phenoxy) is 1. The van der Waals surface area contributed by atoms with Gasteiger partial charge in [0.15, 0.2) is 11.2 Å². The number of hydrogen-bond acceptors (Lipinski definition) is 6. The van der Waals surface area contributed by atoms with Crippen LogP contribution in [0.1, 0.15) is 19.3 Å². The number of hydrogen-bond donors (Lipinski definition) is 0. The Morgan fingerprint density at radius 1 is 1.06 bits per heavy atom. The van der Waals surface area contributed by atoms with E-state index in [1.807, 2.05) is 0 Å². The van der Waals surface area contributed by atoms with Gasteiger partial charge in [0.25, 0.3) is 5.56 Å². The molecule has 1 aliphatic rings. The first kappa shape index (κ1) is 25.0. The molecule has 3 heterocycles. The Balaban J connectivity index is 1.41. The lowest BCUT2D eigenvalue weighted by molar-refractivity contribution is -0.174. The van der Waals surface area contributed by atoms with Gasteiger partial charge < -0.3 is 14.2 Å². The number of aryl methyl sites for hydroxylation is 2. The summed E-state index contributed by atoms with van der Waals surface area (Å²) >= 11 is 0. The smallest absolute Gasteiger partial charge is 0.372 e. The molecule has 0 aliphatic carbocycles. The molecule has 33 heavy (non-hydrogen) atoms. The fourth-order valence-electron chi connectivity index (χ4n) is 3.92. The predicted octanol–water partition coefficient (Wildman–Crippen LogP) is 0.327. The SMILES string of the molecule is Cn1c(=O)c2c(ncn2CCCC(=O)N2CCN(CCCOCC(F)(F)F)CC2)n(C)c1=O. The standard InChI is InChI=1S/C20H29F3N6O4/c1-25-17-16(18(31)26(2)19(25)32)29(14-24-17)7-3-5-15(30)28-10-8-27(9-11-28)6-4-12-33-13-20(21,22)23/h14H,3-13H2,1-2H3. The first-order chi connectivity index (χ1) is 15.6. The van der Waals surface area contributed by atoms with E-state index in [1.165, 1.54) is 17.9 Å². The van der Waals surface area contributed by atoms with Crippen LogP contribution < -0.4 is 11.2 Å². The van der Waals surface area contributed by atoms with Crippen LogP contribution in [0.3, 0.4) is 0 Å². The lowest BCUT2D eigenvalue weighted by Crippen LogP contribution is -2.49. The van der Waals surface area contributed by atoms with Crippen molar-refractivity contribution in [1.82, 2.24) is 28.5 Å². The Labute approximate surface area is 188 Å². The van der Waals surface area contributed by atoms with Crippen LogP contribution in [0, 0.1) is 0 Å². The van der Waals surface area contributed by atoms with E-state index in [1.54, 1.807) is 16.5 Å². The van der Waals surface area contributed by atoms with Crippen LogP contribution in [-0.2, 0) is 30.2 Å². The van der Waals surface area contributed by atoms with Crippen molar-refractivity contribution in [3.8, 4) is 0 Å². The molecule has 1 fully saturated rings. The van der Waals surface area contributed by atoms with Crippen molar-refractivity contribution in [2.45, 2.75) is 32.0 Å². The molecule has 10 nitrogen and oxygen atoms in total. The molecular weight excluding hydrogens is 445 g/mol. The van der Waals surface area contributed by atoms with Crippen LogP contribution in [0.15, 0.2) is 15.9 Å². The van der Waals surface area contributed by atoms with Gasteiger partial charge in [-0.05, 0) is 12.8 Å². The molecule has 184 valence electrons. The second kappa shape index (κ2) is 10.5. The number of rotatable bonds is 9. The molecule has 1 saturated heterocycles. The molecule has 0 N–H and O–H groups in total. The van der Waals surface area contributed by atoms with Gasteiger partial charge in [-0.3, -0.25) is 23.6 Å². The summed E-state index contributed by atoms with van der Waals surface area (Å²) in [5.41, 5.74) is -0.216. The molecule has 0 spiro atoms. The van der Waals surface area contributed by atoms with E-state index in [0.29, 0.717) is 69.7 Å². The normalized spacial score (nSPS) is 15.5. The lowest BCUT2D eigenvalue weighted by Gasteiger charge is -2.34. The molecule has 13 heteroatoms. The molecule has 0 radical (unpaired) electrons. The maximum atomic E-state index is 12.6. The average Bonchev–Trinajstić information content (AvgIpc) is 3.19. The Hall–Kier alpha value is -2.67. The molecule has 0 unspecified atom stereocenters. The molecule has 2 aromatic rings. The van der Waals surface area contributed by atoms with Crippen LogP contribution in [0.2, 0.25) is 0 Å². The minimum atomic E-state index is -4.30. The monoisotopic (exact) mass is 474 g/mol. The van der Waals surface area contributed by atoms with Crippen molar-refractivity contribution in [3.05, 3.63) is 27.2 Å². The number of carbonyl (C=O) groups excluding carboxylic acids is 1. The Morgan fingerprint density at radius 3 is 2.42 bits per heavy atom. The van der Waals surface area contributed by atoms with Crippen molar-refractivity contribution in [3.63, 3.8) is 0 Å². The Bertz CT molecular complexity index is 1080. The van der Waals surface area contributed by atoms with Gasteiger partial charge in [0, 0.05) is 66.4 Å². The first-order valence-electron chi connectivity index (χ1n) is 10.8. The number of halogens is 3. The molecule has 1 amide bonds. The van der Waals surface area contributed by atoms with Crippen LogP contribution in [-0.4, -0.2) is 86.5 Å². The second-order valence-corrected chi connectivity index (χ2v) is 8.16. The summed E-state index contributed by atoms with van der Waals surface area (Å²) in [4.78, 5) is 45.1. The summed E-state index contributed by atoms with van der Waals surface area (Å²) in [6.45, 7) is 2.36. The van der Waals surface area contributed by atoms with Crippen molar-refractivity contribution in [2.24, 2.45) is 14.1 Å². The van der Waals surface area contributed by atoms with Crippen molar-refractivity contribution in [1.29, 1.82) is 0 Å². The number of aromatic nitrogens is 4. The zero-order valence-corrected chi connectivity index (χ0v) is 18.8. The highest BCUT2D eigenvalue weighted by Gasteiger charge is 2.27. The summed E-state index contributed by atoms with van der Waals surface area (Å²) in [5.74, 6) is 0.0212. The highest BCUT2D eigenvalue weighted by molar-refractivity contribution is 5.76. The van der Waals surface area contributed by atoms with Gasteiger partial charge in [0.1, 0.15) is 6.61 Å². The molecule has 0 aromatic carbocycles. The van der Waals surface area contributed by atoms with Crippen molar-refractivity contribution < 1.29 is 22.7 Å². The van der Waals surface area contributed by atoms with Crippen LogP contribution >= 0.6 is 0 Å². The van der Waals surface area contributed by atoms with E-state index in [2.05, 4.69) is 14.6 Å². The Morgan fingerprint density at radius 2 is 1.76 bits per heavy atom. The summed E-state index contributed by atoms with van der Waals surface area (Å²) in [6, 6.07) is 0. The fourth-order valence-corrected chi connectivity index (χ4v) is 3.92. The zero-order valence-electron chi connectivity index (χ0n) is 18.8. The maximum absolute atomic E-state index is 12.6. The zero-order chi connectivity index (χ0) is 24.2. The maximum Gasteiger partial charge on any atom is 0.411 e. The van der Waals surface area contributed by atoms with E-state index >= 15 is 0 Å². The van der Waals surface area contributed by atoms with E-state index in [9.17, 15) is 27.6 Å².